The number of aromatic amines is 1. The summed E-state index contributed by atoms with van der Waals surface area (Å²) in [7, 11) is 0. The summed E-state index contributed by atoms with van der Waals surface area (Å²) in [6, 6.07) is 18.2. The Labute approximate surface area is 223 Å². The predicted molar refractivity (Wildman–Crippen MR) is 148 cm³/mol. The molecule has 2 fully saturated rings. The van der Waals surface area contributed by atoms with Gasteiger partial charge in [0.25, 0.3) is 0 Å². The van der Waals surface area contributed by atoms with Crippen LogP contribution in [-0.2, 0) is 20.9 Å². The van der Waals surface area contributed by atoms with Crippen LogP contribution in [0.3, 0.4) is 0 Å². The van der Waals surface area contributed by atoms with Gasteiger partial charge in [-0.05, 0) is 42.0 Å². The number of carbonyl (C=O) groups excluding carboxylic acids is 2. The van der Waals surface area contributed by atoms with Crippen LogP contribution in [0.2, 0.25) is 0 Å². The van der Waals surface area contributed by atoms with Crippen LogP contribution >= 0.6 is 0 Å². The summed E-state index contributed by atoms with van der Waals surface area (Å²) >= 11 is 0. The van der Waals surface area contributed by atoms with Crippen molar-refractivity contribution in [3.63, 3.8) is 0 Å². The number of rotatable bonds is 10. The SMILES string of the molecule is C[C@H](C(=O)Nc1cc(C2CC2)[nH]n1)c1ccc(-c2ccc(CNC(=O)/C=C/CN3CCOCC3)cc2)cc1. The Balaban J connectivity index is 1.09. The third kappa shape index (κ3) is 6.96. The second-order valence-electron chi connectivity index (χ2n) is 10.0. The highest BCUT2D eigenvalue weighted by atomic mass is 16.5. The molecule has 2 aliphatic rings. The van der Waals surface area contributed by atoms with E-state index in [0.29, 0.717) is 18.3 Å². The van der Waals surface area contributed by atoms with Gasteiger partial charge in [-0.2, -0.15) is 5.10 Å². The lowest BCUT2D eigenvalue weighted by molar-refractivity contribution is -0.117. The number of benzene rings is 2. The summed E-state index contributed by atoms with van der Waals surface area (Å²) in [5, 5.41) is 13.1. The van der Waals surface area contributed by atoms with Crippen LogP contribution in [0.5, 0.6) is 0 Å². The number of anilines is 1. The van der Waals surface area contributed by atoms with E-state index in [1.165, 1.54) is 12.8 Å². The average molecular weight is 514 g/mol. The first-order chi connectivity index (χ1) is 18.5. The van der Waals surface area contributed by atoms with Crippen LogP contribution < -0.4 is 10.6 Å². The van der Waals surface area contributed by atoms with Gasteiger partial charge in [0, 0.05) is 49.9 Å². The number of hydrogen-bond donors (Lipinski definition) is 3. The van der Waals surface area contributed by atoms with Crippen molar-refractivity contribution in [1.82, 2.24) is 20.4 Å². The predicted octanol–water partition coefficient (Wildman–Crippen LogP) is 4.20. The second-order valence-corrected chi connectivity index (χ2v) is 10.0. The maximum Gasteiger partial charge on any atom is 0.243 e. The first-order valence-electron chi connectivity index (χ1n) is 13.3. The zero-order valence-corrected chi connectivity index (χ0v) is 21.8. The van der Waals surface area contributed by atoms with Crippen molar-refractivity contribution in [1.29, 1.82) is 0 Å². The molecule has 0 radical (unpaired) electrons. The lowest BCUT2D eigenvalue weighted by Gasteiger charge is -2.25. The van der Waals surface area contributed by atoms with Gasteiger partial charge in [-0.1, -0.05) is 54.6 Å². The molecule has 0 spiro atoms. The van der Waals surface area contributed by atoms with E-state index in [4.69, 9.17) is 4.74 Å². The van der Waals surface area contributed by atoms with E-state index >= 15 is 0 Å². The average Bonchev–Trinajstić information content (AvgIpc) is 3.71. The maximum absolute atomic E-state index is 12.7. The highest BCUT2D eigenvalue weighted by Gasteiger charge is 2.26. The highest BCUT2D eigenvalue weighted by Crippen LogP contribution is 2.39. The summed E-state index contributed by atoms with van der Waals surface area (Å²) in [5.41, 5.74) is 5.24. The van der Waals surface area contributed by atoms with Crippen molar-refractivity contribution in [3.05, 3.63) is 83.6 Å². The first-order valence-corrected chi connectivity index (χ1v) is 13.3. The van der Waals surface area contributed by atoms with Crippen LogP contribution in [0.4, 0.5) is 5.82 Å². The summed E-state index contributed by atoms with van der Waals surface area (Å²) in [5.74, 6) is 0.694. The molecule has 8 nitrogen and oxygen atoms in total. The van der Waals surface area contributed by atoms with Gasteiger partial charge in [0.1, 0.15) is 0 Å². The normalized spacial score (nSPS) is 16.9. The zero-order valence-electron chi connectivity index (χ0n) is 21.8. The van der Waals surface area contributed by atoms with E-state index in [2.05, 4.69) is 37.9 Å². The Kier molecular flexibility index (Phi) is 8.31. The van der Waals surface area contributed by atoms with Crippen LogP contribution in [0.15, 0.2) is 66.7 Å². The van der Waals surface area contributed by atoms with E-state index in [-0.39, 0.29) is 17.7 Å². The van der Waals surface area contributed by atoms with Gasteiger partial charge < -0.3 is 15.4 Å². The number of amides is 2. The molecule has 198 valence electrons. The Hall–Kier alpha value is -3.75. The largest absolute Gasteiger partial charge is 0.379 e. The van der Waals surface area contributed by atoms with Crippen LogP contribution in [-0.4, -0.2) is 59.8 Å². The lowest BCUT2D eigenvalue weighted by Crippen LogP contribution is -2.36. The molecule has 1 atom stereocenters. The molecule has 2 heterocycles. The number of nitrogens with one attached hydrogen (secondary N) is 3. The fraction of sp³-hybridized carbons (Fsp3) is 0.367. The number of carbonyl (C=O) groups is 2. The molecule has 1 aliphatic carbocycles. The van der Waals surface area contributed by atoms with Gasteiger partial charge in [0.2, 0.25) is 11.8 Å². The minimum Gasteiger partial charge on any atom is -0.379 e. The van der Waals surface area contributed by atoms with E-state index in [0.717, 1.165) is 60.8 Å². The van der Waals surface area contributed by atoms with Gasteiger partial charge in [-0.3, -0.25) is 19.6 Å². The molecule has 1 saturated heterocycles. The number of nitrogens with zero attached hydrogens (tertiary/aromatic N) is 2. The Morgan fingerprint density at radius 2 is 1.76 bits per heavy atom. The quantitative estimate of drug-likeness (QED) is 0.353. The number of hydrogen-bond acceptors (Lipinski definition) is 5. The molecule has 2 amide bonds. The molecule has 0 bridgehead atoms. The smallest absolute Gasteiger partial charge is 0.243 e. The fourth-order valence-corrected chi connectivity index (χ4v) is 4.51. The number of H-pyrrole nitrogens is 1. The Morgan fingerprint density at radius 3 is 2.45 bits per heavy atom. The summed E-state index contributed by atoms with van der Waals surface area (Å²) in [4.78, 5) is 27.1. The van der Waals surface area contributed by atoms with Crippen LogP contribution in [0.25, 0.3) is 11.1 Å². The highest BCUT2D eigenvalue weighted by molar-refractivity contribution is 5.95. The maximum atomic E-state index is 12.7. The molecule has 0 unspecified atom stereocenters. The first kappa shape index (κ1) is 25.9. The van der Waals surface area contributed by atoms with Crippen molar-refractivity contribution < 1.29 is 14.3 Å². The topological polar surface area (TPSA) is 99.3 Å². The van der Waals surface area contributed by atoms with Crippen LogP contribution in [0, 0.1) is 0 Å². The van der Waals surface area contributed by atoms with Crippen molar-refractivity contribution in [2.45, 2.75) is 38.1 Å². The number of aromatic nitrogens is 2. The Morgan fingerprint density at radius 1 is 1.08 bits per heavy atom. The molecule has 38 heavy (non-hydrogen) atoms. The summed E-state index contributed by atoms with van der Waals surface area (Å²) in [6.45, 7) is 6.46. The van der Waals surface area contributed by atoms with Crippen LogP contribution in [0.1, 0.15) is 48.4 Å². The second kappa shape index (κ2) is 12.2. The van der Waals surface area contributed by atoms with Crippen molar-refractivity contribution in [2.24, 2.45) is 0 Å². The zero-order chi connectivity index (χ0) is 26.3. The van der Waals surface area contributed by atoms with E-state index in [9.17, 15) is 9.59 Å². The molecule has 2 aromatic carbocycles. The molecule has 1 aromatic heterocycles. The van der Waals surface area contributed by atoms with Gasteiger partial charge >= 0.3 is 0 Å². The van der Waals surface area contributed by atoms with Crippen molar-refractivity contribution >= 4 is 17.6 Å². The molecule has 8 heteroatoms. The Bertz CT molecular complexity index is 1260. The fourth-order valence-electron chi connectivity index (χ4n) is 4.51. The standard InChI is InChI=1S/C30H35N5O3/c1-21(30(37)32-28-19-27(33-34-28)26-12-13-26)23-8-10-25(11-9-23)24-6-4-22(5-7-24)20-31-29(36)3-2-14-35-15-17-38-18-16-35/h2-11,19,21,26H,12-18,20H2,1H3,(H,31,36)(H2,32,33,34,37)/b3-2+/t21-/m0/s1. The van der Waals surface area contributed by atoms with Gasteiger partial charge in [0.05, 0.1) is 19.1 Å². The third-order valence-corrected chi connectivity index (χ3v) is 7.16. The minimum absolute atomic E-state index is 0.0751. The van der Waals surface area contributed by atoms with Crippen molar-refractivity contribution in [2.75, 3.05) is 38.2 Å². The van der Waals surface area contributed by atoms with E-state index < -0.39 is 0 Å². The monoisotopic (exact) mass is 513 g/mol. The molecular weight excluding hydrogens is 478 g/mol. The van der Waals surface area contributed by atoms with E-state index in [1.807, 2.05) is 55.5 Å². The minimum atomic E-state index is -0.293. The molecule has 5 rings (SSSR count). The third-order valence-electron chi connectivity index (χ3n) is 7.16. The van der Waals surface area contributed by atoms with Gasteiger partial charge in [-0.25, -0.2) is 0 Å². The molecule has 1 saturated carbocycles. The molecular formula is C30H35N5O3. The molecule has 1 aliphatic heterocycles. The van der Waals surface area contributed by atoms with Crippen molar-refractivity contribution in [3.8, 4) is 11.1 Å². The number of ether oxygens (including phenoxy) is 1. The molecule has 3 aromatic rings. The van der Waals surface area contributed by atoms with E-state index in [1.54, 1.807) is 6.08 Å². The lowest BCUT2D eigenvalue weighted by atomic mass is 9.96. The summed E-state index contributed by atoms with van der Waals surface area (Å²) < 4.78 is 5.34. The van der Waals surface area contributed by atoms with Gasteiger partial charge in [0.15, 0.2) is 5.82 Å². The summed E-state index contributed by atoms with van der Waals surface area (Å²) in [6.07, 6.45) is 5.88. The number of morpholine rings is 1. The van der Waals surface area contributed by atoms with Gasteiger partial charge in [-0.15, -0.1) is 0 Å². The molecule has 3 N–H and O–H groups in total.